The van der Waals surface area contributed by atoms with Gasteiger partial charge in [-0.3, -0.25) is 4.79 Å². The van der Waals surface area contributed by atoms with Crippen LogP contribution >= 0.6 is 11.6 Å². The molecule has 3 aromatic rings. The summed E-state index contributed by atoms with van der Waals surface area (Å²) >= 11 is 5.65. The zero-order chi connectivity index (χ0) is 14.8. The van der Waals surface area contributed by atoms with E-state index in [1.807, 2.05) is 18.2 Å². The molecule has 108 valence electrons. The monoisotopic (exact) mass is 305 g/mol. The number of nitrogens with zero attached hydrogens (tertiary/aromatic N) is 4. The molecule has 0 aliphatic carbocycles. The first kappa shape index (κ1) is 13.6. The number of rotatable bonds is 5. The molecule has 3 rings (SSSR count). The van der Waals surface area contributed by atoms with Crippen LogP contribution in [0.1, 0.15) is 16.8 Å². The van der Waals surface area contributed by atoms with Gasteiger partial charge in [-0.25, -0.2) is 0 Å². The summed E-state index contributed by atoms with van der Waals surface area (Å²) in [6.45, 7) is 0.490. The van der Waals surface area contributed by atoms with Crippen LogP contribution in [0.3, 0.4) is 0 Å². The van der Waals surface area contributed by atoms with Gasteiger partial charge >= 0.3 is 0 Å². The van der Waals surface area contributed by atoms with E-state index in [1.54, 1.807) is 6.07 Å². The normalized spacial score (nSPS) is 11.1. The molecule has 8 heteroatoms. The topological polar surface area (TPSA) is 95.4 Å². The van der Waals surface area contributed by atoms with E-state index in [0.717, 1.165) is 11.8 Å². The number of pyridine rings is 1. The maximum absolute atomic E-state index is 11.5. The number of tetrazole rings is 1. The third kappa shape index (κ3) is 2.36. The number of amides is 1. The van der Waals surface area contributed by atoms with Crippen molar-refractivity contribution in [3.8, 4) is 5.75 Å². The highest BCUT2D eigenvalue weighted by Gasteiger charge is 2.16. The van der Waals surface area contributed by atoms with Gasteiger partial charge in [0.05, 0.1) is 12.2 Å². The molecule has 0 spiro atoms. The molecule has 0 aliphatic heterocycles. The van der Waals surface area contributed by atoms with Crippen molar-refractivity contribution < 1.29 is 9.53 Å². The minimum atomic E-state index is -0.579. The van der Waals surface area contributed by atoms with Crippen molar-refractivity contribution in [3.63, 3.8) is 0 Å². The lowest BCUT2D eigenvalue weighted by Crippen LogP contribution is -2.13. The molecule has 0 aliphatic rings. The molecular formula is C13H12ClN5O2. The lowest BCUT2D eigenvalue weighted by atomic mass is 10.1. The van der Waals surface area contributed by atoms with E-state index in [2.05, 4.69) is 15.5 Å². The number of carbonyl (C=O) groups excluding carboxylic acids is 1. The van der Waals surface area contributed by atoms with Crippen molar-refractivity contribution in [2.24, 2.45) is 5.73 Å². The maximum atomic E-state index is 11.5. The van der Waals surface area contributed by atoms with Crippen LogP contribution in [0.5, 0.6) is 5.75 Å². The van der Waals surface area contributed by atoms with Gasteiger partial charge in [0, 0.05) is 11.3 Å². The number of para-hydroxylation sites is 1. The Balaban J connectivity index is 2.23. The van der Waals surface area contributed by atoms with Crippen molar-refractivity contribution in [1.29, 1.82) is 0 Å². The first-order valence-electron chi connectivity index (χ1n) is 6.35. The number of carbonyl (C=O) groups is 1. The predicted molar refractivity (Wildman–Crippen MR) is 77.6 cm³/mol. The summed E-state index contributed by atoms with van der Waals surface area (Å²) in [6.07, 6.45) is 0.732. The molecule has 0 radical (unpaired) electrons. The molecule has 0 atom stereocenters. The smallest absolute Gasteiger partial charge is 0.252 e. The predicted octanol–water partition coefficient (Wildman–Crippen LogP) is 1.38. The van der Waals surface area contributed by atoms with E-state index in [1.165, 1.54) is 4.52 Å². The Labute approximate surface area is 124 Å². The fourth-order valence-electron chi connectivity index (χ4n) is 2.14. The molecule has 2 aromatic heterocycles. The van der Waals surface area contributed by atoms with Crippen LogP contribution in [0.2, 0.25) is 0 Å². The second-order valence-electron chi connectivity index (χ2n) is 4.42. The highest BCUT2D eigenvalue weighted by atomic mass is 35.5. The highest BCUT2D eigenvalue weighted by molar-refractivity contribution is 6.17. The van der Waals surface area contributed by atoms with Crippen molar-refractivity contribution in [2.75, 3.05) is 12.5 Å². The van der Waals surface area contributed by atoms with E-state index < -0.39 is 5.91 Å². The van der Waals surface area contributed by atoms with Crippen LogP contribution in [-0.4, -0.2) is 38.4 Å². The molecule has 0 fully saturated rings. The number of aromatic nitrogens is 4. The number of alkyl halides is 1. The average Bonchev–Trinajstić information content (AvgIpc) is 2.95. The second kappa shape index (κ2) is 5.53. The largest absolute Gasteiger partial charge is 0.491 e. The van der Waals surface area contributed by atoms with Crippen LogP contribution < -0.4 is 10.5 Å². The molecule has 7 nitrogen and oxygen atoms in total. The van der Waals surface area contributed by atoms with Gasteiger partial charge in [-0.15, -0.1) is 16.7 Å². The van der Waals surface area contributed by atoms with Crippen molar-refractivity contribution in [2.45, 2.75) is 6.42 Å². The van der Waals surface area contributed by atoms with Crippen LogP contribution in [0.15, 0.2) is 24.3 Å². The number of nitrogens with two attached hydrogens (primary N) is 1. The molecular weight excluding hydrogens is 294 g/mol. The third-order valence-corrected chi connectivity index (χ3v) is 3.32. The fraction of sp³-hybridized carbons (Fsp3) is 0.231. The lowest BCUT2D eigenvalue weighted by molar-refractivity contribution is 0.100. The molecule has 0 saturated carbocycles. The van der Waals surface area contributed by atoms with Crippen LogP contribution in [0.25, 0.3) is 16.6 Å². The molecule has 1 amide bonds. The van der Waals surface area contributed by atoms with Crippen LogP contribution in [0.4, 0.5) is 0 Å². The Bertz CT molecular complexity index is 817. The first-order valence-corrected chi connectivity index (χ1v) is 6.88. The van der Waals surface area contributed by atoms with Gasteiger partial charge in [0.2, 0.25) is 0 Å². The lowest BCUT2D eigenvalue weighted by Gasteiger charge is -2.10. The number of fused-ring (bicyclic) bond motifs is 3. The van der Waals surface area contributed by atoms with Crippen LogP contribution in [0, 0.1) is 0 Å². The Hall–Kier alpha value is -2.41. The van der Waals surface area contributed by atoms with Crippen LogP contribution in [-0.2, 0) is 0 Å². The Kier molecular flexibility index (Phi) is 3.57. The Morgan fingerprint density at radius 3 is 3.05 bits per heavy atom. The van der Waals surface area contributed by atoms with Gasteiger partial charge in [0.25, 0.3) is 5.91 Å². The average molecular weight is 306 g/mol. The Morgan fingerprint density at radius 2 is 2.29 bits per heavy atom. The van der Waals surface area contributed by atoms with E-state index in [4.69, 9.17) is 22.1 Å². The standard InChI is InChI=1S/C13H12ClN5O2/c14-5-2-6-21-10-4-1-3-8-7-9(12(15)20)13-16-17-18-19(13)11(8)10/h1,3-4,7H,2,5-6H2,(H2,15,20). The molecule has 21 heavy (non-hydrogen) atoms. The maximum Gasteiger partial charge on any atom is 0.252 e. The van der Waals surface area contributed by atoms with Crippen molar-refractivity contribution in [3.05, 3.63) is 29.8 Å². The molecule has 2 heterocycles. The quantitative estimate of drug-likeness (QED) is 0.567. The summed E-state index contributed by atoms with van der Waals surface area (Å²) in [7, 11) is 0. The molecule has 0 bridgehead atoms. The minimum absolute atomic E-state index is 0.269. The zero-order valence-electron chi connectivity index (χ0n) is 11.0. The molecule has 0 saturated heterocycles. The number of ether oxygens (including phenoxy) is 1. The summed E-state index contributed by atoms with van der Waals surface area (Å²) in [5.41, 5.74) is 6.64. The number of benzene rings is 1. The Morgan fingerprint density at radius 1 is 1.43 bits per heavy atom. The van der Waals surface area contributed by atoms with E-state index in [-0.39, 0.29) is 5.56 Å². The van der Waals surface area contributed by atoms with Gasteiger partial charge in [0.15, 0.2) is 5.65 Å². The second-order valence-corrected chi connectivity index (χ2v) is 4.80. The number of halogens is 1. The van der Waals surface area contributed by atoms with Gasteiger partial charge in [-0.05, 0) is 29.0 Å². The summed E-state index contributed by atoms with van der Waals surface area (Å²) in [6, 6.07) is 7.16. The first-order chi connectivity index (χ1) is 10.2. The molecule has 1 aromatic carbocycles. The van der Waals surface area contributed by atoms with E-state index >= 15 is 0 Å². The van der Waals surface area contributed by atoms with Gasteiger partial charge in [-0.1, -0.05) is 12.1 Å². The number of primary amides is 1. The van der Waals surface area contributed by atoms with E-state index in [9.17, 15) is 4.79 Å². The van der Waals surface area contributed by atoms with Crippen molar-refractivity contribution >= 4 is 34.1 Å². The highest BCUT2D eigenvalue weighted by Crippen LogP contribution is 2.27. The summed E-state index contributed by atoms with van der Waals surface area (Å²) in [4.78, 5) is 11.5. The SMILES string of the molecule is NC(=O)c1cc2cccc(OCCCCl)c2n2nnnc12. The summed E-state index contributed by atoms with van der Waals surface area (Å²) < 4.78 is 7.18. The summed E-state index contributed by atoms with van der Waals surface area (Å²) in [5, 5.41) is 12.2. The third-order valence-electron chi connectivity index (χ3n) is 3.05. The molecule has 2 N–H and O–H groups in total. The zero-order valence-corrected chi connectivity index (χ0v) is 11.7. The van der Waals surface area contributed by atoms with Gasteiger partial charge in [-0.2, -0.15) is 4.52 Å². The van der Waals surface area contributed by atoms with E-state index in [0.29, 0.717) is 29.4 Å². The number of hydrogen-bond donors (Lipinski definition) is 1. The van der Waals surface area contributed by atoms with Gasteiger partial charge in [0.1, 0.15) is 11.3 Å². The summed E-state index contributed by atoms with van der Waals surface area (Å²) in [5.74, 6) is 0.577. The van der Waals surface area contributed by atoms with Crippen molar-refractivity contribution in [1.82, 2.24) is 20.0 Å². The minimum Gasteiger partial charge on any atom is -0.491 e. The molecule has 0 unspecified atom stereocenters. The fourth-order valence-corrected chi connectivity index (χ4v) is 2.25. The van der Waals surface area contributed by atoms with Gasteiger partial charge < -0.3 is 10.5 Å². The number of hydrogen-bond acceptors (Lipinski definition) is 5.